The molecule has 0 radical (unpaired) electrons. The zero-order chi connectivity index (χ0) is 14.8. The van der Waals surface area contributed by atoms with Gasteiger partial charge in [-0.1, -0.05) is 19.1 Å². The lowest BCUT2D eigenvalue weighted by Gasteiger charge is -2.40. The average molecular weight is 283 g/mol. The summed E-state index contributed by atoms with van der Waals surface area (Å²) in [5.41, 5.74) is 2.03. The average Bonchev–Trinajstić information content (AvgIpc) is 2.86. The summed E-state index contributed by atoms with van der Waals surface area (Å²) in [5, 5.41) is 12.8. The third-order valence-corrected chi connectivity index (χ3v) is 5.28. The molecular weight excluding hydrogens is 258 g/mol. The van der Waals surface area contributed by atoms with E-state index >= 15 is 0 Å². The summed E-state index contributed by atoms with van der Waals surface area (Å²) in [4.78, 5) is 2.63. The maximum atomic E-state index is 9.09. The molecule has 2 saturated heterocycles. The molecule has 3 unspecified atom stereocenters. The first kappa shape index (κ1) is 14.6. The number of nitriles is 1. The van der Waals surface area contributed by atoms with E-state index in [2.05, 4.69) is 36.2 Å². The zero-order valence-corrected chi connectivity index (χ0v) is 13.0. The first-order valence-electron chi connectivity index (χ1n) is 8.23. The summed E-state index contributed by atoms with van der Waals surface area (Å²) >= 11 is 0. The van der Waals surface area contributed by atoms with Gasteiger partial charge in [0.25, 0.3) is 0 Å². The molecule has 3 heteroatoms. The Morgan fingerprint density at radius 1 is 1.33 bits per heavy atom. The number of benzene rings is 1. The molecule has 0 aromatic heterocycles. The van der Waals surface area contributed by atoms with Crippen LogP contribution in [-0.4, -0.2) is 29.6 Å². The predicted molar refractivity (Wildman–Crippen MR) is 84.9 cm³/mol. The Labute approximate surface area is 128 Å². The van der Waals surface area contributed by atoms with E-state index in [1.807, 2.05) is 18.2 Å². The lowest BCUT2D eigenvalue weighted by atomic mass is 9.95. The first-order chi connectivity index (χ1) is 10.2. The maximum Gasteiger partial charge on any atom is 0.0991 e. The molecule has 2 aliphatic rings. The van der Waals surface area contributed by atoms with Gasteiger partial charge in [0.1, 0.15) is 0 Å². The molecule has 112 valence electrons. The van der Waals surface area contributed by atoms with E-state index in [0.717, 1.165) is 24.2 Å². The fourth-order valence-electron chi connectivity index (χ4n) is 4.21. The van der Waals surface area contributed by atoms with Crippen LogP contribution in [0.3, 0.4) is 0 Å². The fourth-order valence-corrected chi connectivity index (χ4v) is 4.21. The highest BCUT2D eigenvalue weighted by Crippen LogP contribution is 2.33. The molecule has 2 aliphatic heterocycles. The summed E-state index contributed by atoms with van der Waals surface area (Å²) in [6, 6.07) is 12.8. The molecule has 0 spiro atoms. The molecule has 2 bridgehead atoms. The summed E-state index contributed by atoms with van der Waals surface area (Å²) in [6.07, 6.45) is 5.23. The van der Waals surface area contributed by atoms with Crippen LogP contribution in [0.2, 0.25) is 0 Å². The van der Waals surface area contributed by atoms with E-state index in [9.17, 15) is 0 Å². The van der Waals surface area contributed by atoms with E-state index < -0.39 is 0 Å². The Morgan fingerprint density at radius 3 is 2.67 bits per heavy atom. The fraction of sp³-hybridized carbons (Fsp3) is 0.611. The van der Waals surface area contributed by atoms with Crippen LogP contribution in [0.15, 0.2) is 24.3 Å². The quantitative estimate of drug-likeness (QED) is 0.922. The highest BCUT2D eigenvalue weighted by molar-refractivity contribution is 5.34. The Bertz CT molecular complexity index is 522. The van der Waals surface area contributed by atoms with Crippen LogP contribution >= 0.6 is 0 Å². The molecule has 0 aliphatic carbocycles. The second-order valence-corrected chi connectivity index (χ2v) is 6.51. The molecule has 3 rings (SSSR count). The van der Waals surface area contributed by atoms with Crippen molar-refractivity contribution in [2.24, 2.45) is 0 Å². The van der Waals surface area contributed by atoms with Gasteiger partial charge in [-0.25, -0.2) is 0 Å². The van der Waals surface area contributed by atoms with Crippen LogP contribution in [0.1, 0.15) is 56.7 Å². The van der Waals surface area contributed by atoms with Crippen LogP contribution in [0.25, 0.3) is 0 Å². The van der Waals surface area contributed by atoms with Gasteiger partial charge in [-0.2, -0.15) is 5.26 Å². The predicted octanol–water partition coefficient (Wildman–Crippen LogP) is 3.22. The SMILES string of the molecule is CCN(C1CC2CCC(C1)N2)C(C)c1cccc(C#N)c1. The van der Waals surface area contributed by atoms with Crippen molar-refractivity contribution >= 4 is 0 Å². The summed E-state index contributed by atoms with van der Waals surface area (Å²) in [7, 11) is 0. The van der Waals surface area contributed by atoms with Crippen molar-refractivity contribution in [1.82, 2.24) is 10.2 Å². The zero-order valence-electron chi connectivity index (χ0n) is 13.0. The Hall–Kier alpha value is -1.37. The minimum absolute atomic E-state index is 0.380. The molecule has 2 heterocycles. The molecule has 3 atom stereocenters. The van der Waals surface area contributed by atoms with Gasteiger partial charge in [-0.05, 0) is 56.8 Å². The smallest absolute Gasteiger partial charge is 0.0991 e. The number of piperidine rings is 1. The van der Waals surface area contributed by atoms with Crippen LogP contribution in [0.4, 0.5) is 0 Å². The third kappa shape index (κ3) is 2.97. The number of rotatable bonds is 4. The van der Waals surface area contributed by atoms with E-state index in [-0.39, 0.29) is 0 Å². The molecular formula is C18H25N3. The van der Waals surface area contributed by atoms with Crippen molar-refractivity contribution < 1.29 is 0 Å². The van der Waals surface area contributed by atoms with Crippen LogP contribution in [-0.2, 0) is 0 Å². The van der Waals surface area contributed by atoms with Crippen molar-refractivity contribution in [3.63, 3.8) is 0 Å². The standard InChI is InChI=1S/C18H25N3/c1-3-21(18-10-16-7-8-17(11-18)20-16)13(2)15-6-4-5-14(9-15)12-19/h4-6,9,13,16-18,20H,3,7-8,10-11H2,1-2H3. The number of hydrogen-bond acceptors (Lipinski definition) is 3. The van der Waals surface area contributed by atoms with Crippen molar-refractivity contribution in [3.8, 4) is 6.07 Å². The molecule has 0 saturated carbocycles. The van der Waals surface area contributed by atoms with Crippen molar-refractivity contribution in [3.05, 3.63) is 35.4 Å². The largest absolute Gasteiger partial charge is 0.311 e. The molecule has 1 aromatic rings. The van der Waals surface area contributed by atoms with Crippen LogP contribution in [0, 0.1) is 11.3 Å². The minimum Gasteiger partial charge on any atom is -0.311 e. The van der Waals surface area contributed by atoms with Gasteiger partial charge in [0.05, 0.1) is 11.6 Å². The number of hydrogen-bond donors (Lipinski definition) is 1. The van der Waals surface area contributed by atoms with Gasteiger partial charge in [-0.15, -0.1) is 0 Å². The van der Waals surface area contributed by atoms with E-state index in [0.29, 0.717) is 12.1 Å². The topological polar surface area (TPSA) is 39.1 Å². The Morgan fingerprint density at radius 2 is 2.05 bits per heavy atom. The van der Waals surface area contributed by atoms with Gasteiger partial charge in [0.2, 0.25) is 0 Å². The molecule has 21 heavy (non-hydrogen) atoms. The number of nitrogens with one attached hydrogen (secondary N) is 1. The normalized spacial score (nSPS) is 29.3. The van der Waals surface area contributed by atoms with Gasteiger partial charge in [0.15, 0.2) is 0 Å². The van der Waals surface area contributed by atoms with E-state index in [1.54, 1.807) is 0 Å². The van der Waals surface area contributed by atoms with Crippen molar-refractivity contribution in [2.75, 3.05) is 6.54 Å². The second-order valence-electron chi connectivity index (χ2n) is 6.51. The van der Waals surface area contributed by atoms with Crippen molar-refractivity contribution in [1.29, 1.82) is 5.26 Å². The first-order valence-corrected chi connectivity index (χ1v) is 8.23. The van der Waals surface area contributed by atoms with E-state index in [4.69, 9.17) is 5.26 Å². The van der Waals surface area contributed by atoms with Crippen LogP contribution in [0.5, 0.6) is 0 Å². The van der Waals surface area contributed by atoms with E-state index in [1.165, 1.54) is 31.2 Å². The summed E-state index contributed by atoms with van der Waals surface area (Å²) in [5.74, 6) is 0. The molecule has 1 N–H and O–H groups in total. The minimum atomic E-state index is 0.380. The number of fused-ring (bicyclic) bond motifs is 2. The lowest BCUT2D eigenvalue weighted by Crippen LogP contribution is -2.48. The third-order valence-electron chi connectivity index (χ3n) is 5.28. The van der Waals surface area contributed by atoms with Crippen molar-refractivity contribution in [2.45, 2.75) is 63.7 Å². The number of nitrogens with zero attached hydrogens (tertiary/aromatic N) is 2. The molecule has 1 aromatic carbocycles. The van der Waals surface area contributed by atoms with Gasteiger partial charge >= 0.3 is 0 Å². The van der Waals surface area contributed by atoms with Gasteiger partial charge in [0, 0.05) is 24.2 Å². The van der Waals surface area contributed by atoms with Crippen LogP contribution < -0.4 is 5.32 Å². The van der Waals surface area contributed by atoms with Gasteiger partial charge in [-0.3, -0.25) is 4.90 Å². The lowest BCUT2D eigenvalue weighted by molar-refractivity contribution is 0.108. The maximum absolute atomic E-state index is 9.09. The molecule has 3 nitrogen and oxygen atoms in total. The Kier molecular flexibility index (Phi) is 4.28. The highest BCUT2D eigenvalue weighted by atomic mass is 15.2. The van der Waals surface area contributed by atoms with Gasteiger partial charge < -0.3 is 5.32 Å². The summed E-state index contributed by atoms with van der Waals surface area (Å²) < 4.78 is 0. The monoisotopic (exact) mass is 283 g/mol. The Balaban J connectivity index is 1.77. The molecule has 2 fully saturated rings. The second kappa shape index (κ2) is 6.17. The highest BCUT2D eigenvalue weighted by Gasteiger charge is 2.37. The molecule has 0 amide bonds. The summed E-state index contributed by atoms with van der Waals surface area (Å²) in [6.45, 7) is 5.61.